The fourth-order valence-electron chi connectivity index (χ4n) is 3.86. The summed E-state index contributed by atoms with van der Waals surface area (Å²) >= 11 is 0. The molecular formula is C15H29N3. The van der Waals surface area contributed by atoms with Crippen molar-refractivity contribution in [2.75, 3.05) is 39.3 Å². The van der Waals surface area contributed by atoms with E-state index in [0.717, 1.165) is 12.1 Å². The third-order valence-electron chi connectivity index (χ3n) is 5.15. The summed E-state index contributed by atoms with van der Waals surface area (Å²) in [6.07, 6.45) is 10.3. The zero-order valence-electron chi connectivity index (χ0n) is 11.7. The molecule has 0 radical (unpaired) electrons. The summed E-state index contributed by atoms with van der Waals surface area (Å²) in [7, 11) is 0. The zero-order chi connectivity index (χ0) is 12.2. The third-order valence-corrected chi connectivity index (χ3v) is 5.15. The molecule has 0 aromatic heterocycles. The Morgan fingerprint density at radius 2 is 1.28 bits per heavy atom. The van der Waals surface area contributed by atoms with E-state index in [9.17, 15) is 0 Å². The highest BCUT2D eigenvalue weighted by molar-refractivity contribution is 4.93. The second-order valence-electron chi connectivity index (χ2n) is 6.39. The Balaban J connectivity index is 1.42. The SMILES string of the molecule is C1CCCC(N2CC(N3CCNCC3)C2)CCC1. The van der Waals surface area contributed by atoms with E-state index >= 15 is 0 Å². The van der Waals surface area contributed by atoms with Gasteiger partial charge in [0.05, 0.1) is 0 Å². The van der Waals surface area contributed by atoms with Crippen molar-refractivity contribution in [2.24, 2.45) is 0 Å². The maximum atomic E-state index is 3.45. The zero-order valence-corrected chi connectivity index (χ0v) is 11.7. The number of hydrogen-bond donors (Lipinski definition) is 1. The molecule has 3 aliphatic rings. The van der Waals surface area contributed by atoms with Crippen molar-refractivity contribution in [3.63, 3.8) is 0 Å². The number of hydrogen-bond acceptors (Lipinski definition) is 3. The topological polar surface area (TPSA) is 18.5 Å². The molecule has 0 atom stereocenters. The molecule has 18 heavy (non-hydrogen) atoms. The number of piperazine rings is 1. The first-order valence-corrected chi connectivity index (χ1v) is 8.12. The molecule has 3 nitrogen and oxygen atoms in total. The Morgan fingerprint density at radius 3 is 1.94 bits per heavy atom. The second kappa shape index (κ2) is 6.36. The van der Waals surface area contributed by atoms with Gasteiger partial charge in [-0.25, -0.2) is 0 Å². The van der Waals surface area contributed by atoms with Gasteiger partial charge in [0.25, 0.3) is 0 Å². The van der Waals surface area contributed by atoms with Gasteiger partial charge in [-0.2, -0.15) is 0 Å². The third kappa shape index (κ3) is 3.06. The van der Waals surface area contributed by atoms with Crippen LogP contribution in [-0.4, -0.2) is 61.2 Å². The molecule has 2 heterocycles. The van der Waals surface area contributed by atoms with Gasteiger partial charge in [0, 0.05) is 51.4 Å². The molecule has 2 aliphatic heterocycles. The average Bonchev–Trinajstić information content (AvgIpc) is 2.31. The Kier molecular flexibility index (Phi) is 4.55. The molecule has 0 aromatic carbocycles. The molecule has 3 fully saturated rings. The molecule has 0 spiro atoms. The smallest absolute Gasteiger partial charge is 0.0351 e. The molecule has 3 rings (SSSR count). The predicted octanol–water partition coefficient (Wildman–Crippen LogP) is 1.69. The van der Waals surface area contributed by atoms with Crippen LogP contribution in [0.15, 0.2) is 0 Å². The van der Waals surface area contributed by atoms with Crippen molar-refractivity contribution in [1.82, 2.24) is 15.1 Å². The maximum Gasteiger partial charge on any atom is 0.0351 e. The lowest BCUT2D eigenvalue weighted by atomic mass is 9.92. The summed E-state index contributed by atoms with van der Waals surface area (Å²) < 4.78 is 0. The van der Waals surface area contributed by atoms with Crippen LogP contribution in [0.1, 0.15) is 44.9 Å². The molecule has 104 valence electrons. The van der Waals surface area contributed by atoms with E-state index in [1.807, 2.05) is 0 Å². The van der Waals surface area contributed by atoms with E-state index < -0.39 is 0 Å². The molecule has 2 saturated heterocycles. The molecule has 0 aromatic rings. The van der Waals surface area contributed by atoms with Crippen LogP contribution in [0.5, 0.6) is 0 Å². The fraction of sp³-hybridized carbons (Fsp3) is 1.00. The van der Waals surface area contributed by atoms with E-state index in [1.54, 1.807) is 0 Å². The largest absolute Gasteiger partial charge is 0.314 e. The number of nitrogens with one attached hydrogen (secondary N) is 1. The van der Waals surface area contributed by atoms with Gasteiger partial charge < -0.3 is 5.32 Å². The predicted molar refractivity (Wildman–Crippen MR) is 75.9 cm³/mol. The fourth-order valence-corrected chi connectivity index (χ4v) is 3.86. The lowest BCUT2D eigenvalue weighted by Crippen LogP contribution is -2.64. The lowest BCUT2D eigenvalue weighted by molar-refractivity contribution is -0.00714. The highest BCUT2D eigenvalue weighted by Crippen LogP contribution is 2.26. The minimum Gasteiger partial charge on any atom is -0.314 e. The molecule has 1 N–H and O–H groups in total. The van der Waals surface area contributed by atoms with Crippen molar-refractivity contribution in [2.45, 2.75) is 57.0 Å². The van der Waals surface area contributed by atoms with Crippen LogP contribution < -0.4 is 5.32 Å². The van der Waals surface area contributed by atoms with Crippen LogP contribution in [0.2, 0.25) is 0 Å². The van der Waals surface area contributed by atoms with Gasteiger partial charge in [-0.15, -0.1) is 0 Å². The molecule has 0 unspecified atom stereocenters. The minimum atomic E-state index is 0.873. The van der Waals surface area contributed by atoms with Crippen molar-refractivity contribution in [3.8, 4) is 0 Å². The summed E-state index contributed by atoms with van der Waals surface area (Å²) in [6.45, 7) is 7.63. The van der Waals surface area contributed by atoms with Crippen LogP contribution in [0.25, 0.3) is 0 Å². The van der Waals surface area contributed by atoms with Gasteiger partial charge in [0.2, 0.25) is 0 Å². The van der Waals surface area contributed by atoms with Gasteiger partial charge in [-0.3, -0.25) is 9.80 Å². The van der Waals surface area contributed by atoms with Crippen LogP contribution in [0, 0.1) is 0 Å². The summed E-state index contributed by atoms with van der Waals surface area (Å²) in [4.78, 5) is 5.48. The summed E-state index contributed by atoms with van der Waals surface area (Å²) in [5.41, 5.74) is 0. The first-order chi connectivity index (χ1) is 8.93. The van der Waals surface area contributed by atoms with Gasteiger partial charge >= 0.3 is 0 Å². The lowest BCUT2D eigenvalue weighted by Gasteiger charge is -2.50. The monoisotopic (exact) mass is 251 g/mol. The van der Waals surface area contributed by atoms with E-state index in [1.165, 1.54) is 84.2 Å². The van der Waals surface area contributed by atoms with Crippen molar-refractivity contribution in [3.05, 3.63) is 0 Å². The Morgan fingerprint density at radius 1 is 0.667 bits per heavy atom. The average molecular weight is 251 g/mol. The van der Waals surface area contributed by atoms with Gasteiger partial charge in [0.15, 0.2) is 0 Å². The molecule has 1 saturated carbocycles. The number of rotatable bonds is 2. The quantitative estimate of drug-likeness (QED) is 0.806. The van der Waals surface area contributed by atoms with Crippen molar-refractivity contribution in [1.29, 1.82) is 0 Å². The van der Waals surface area contributed by atoms with Gasteiger partial charge in [-0.1, -0.05) is 32.1 Å². The number of likely N-dealkylation sites (tertiary alicyclic amines) is 1. The van der Waals surface area contributed by atoms with Crippen molar-refractivity contribution < 1.29 is 0 Å². The highest BCUT2D eigenvalue weighted by Gasteiger charge is 2.35. The normalized spacial score (nSPS) is 30.7. The number of nitrogens with zero attached hydrogens (tertiary/aromatic N) is 2. The van der Waals surface area contributed by atoms with E-state index in [0.29, 0.717) is 0 Å². The summed E-state index contributed by atoms with van der Waals surface area (Å²) in [6, 6.07) is 1.79. The molecule has 0 bridgehead atoms. The molecule has 0 amide bonds. The van der Waals surface area contributed by atoms with Gasteiger partial charge in [-0.05, 0) is 12.8 Å². The van der Waals surface area contributed by atoms with Crippen LogP contribution >= 0.6 is 0 Å². The first kappa shape index (κ1) is 12.9. The van der Waals surface area contributed by atoms with E-state index in [-0.39, 0.29) is 0 Å². The van der Waals surface area contributed by atoms with Crippen molar-refractivity contribution >= 4 is 0 Å². The maximum absolute atomic E-state index is 3.45. The summed E-state index contributed by atoms with van der Waals surface area (Å²) in [5.74, 6) is 0. The standard InChI is InChI=1S/C15H29N3/c1-2-4-6-14(7-5-3-1)18-12-15(13-18)17-10-8-16-9-11-17/h14-16H,1-13H2. The first-order valence-electron chi connectivity index (χ1n) is 8.12. The highest BCUT2D eigenvalue weighted by atomic mass is 15.3. The molecular weight excluding hydrogens is 222 g/mol. The minimum absolute atomic E-state index is 0.873. The second-order valence-corrected chi connectivity index (χ2v) is 6.39. The summed E-state index contributed by atoms with van der Waals surface area (Å²) in [5, 5.41) is 3.45. The van der Waals surface area contributed by atoms with E-state index in [2.05, 4.69) is 15.1 Å². The Labute approximate surface area is 112 Å². The van der Waals surface area contributed by atoms with Crippen LogP contribution in [-0.2, 0) is 0 Å². The van der Waals surface area contributed by atoms with Gasteiger partial charge in [0.1, 0.15) is 0 Å². The van der Waals surface area contributed by atoms with E-state index in [4.69, 9.17) is 0 Å². The Hall–Kier alpha value is -0.120. The van der Waals surface area contributed by atoms with Crippen LogP contribution in [0.4, 0.5) is 0 Å². The van der Waals surface area contributed by atoms with Crippen LogP contribution in [0.3, 0.4) is 0 Å². The Bertz CT molecular complexity index is 236. The molecule has 1 aliphatic carbocycles. The molecule has 3 heteroatoms.